The Labute approximate surface area is 114 Å². The van der Waals surface area contributed by atoms with Crippen LogP contribution in [0.4, 0.5) is 0 Å². The standard InChI is InChI=1S/C14H21N3O2/c1-10(2)14(4,9-15)17-13(18)8-16-11(3)12-6-5-7-19-12/h5-7,10-11,16H,8H2,1-4H3,(H,17,18)/t11-,14-/m1/s1. The lowest BCUT2D eigenvalue weighted by molar-refractivity contribution is -0.122. The van der Waals surface area contributed by atoms with Crippen LogP contribution in [0.25, 0.3) is 0 Å². The lowest BCUT2D eigenvalue weighted by Gasteiger charge is -2.27. The number of amides is 1. The first-order valence-corrected chi connectivity index (χ1v) is 6.38. The number of nitriles is 1. The van der Waals surface area contributed by atoms with Gasteiger partial charge in [-0.25, -0.2) is 0 Å². The highest BCUT2D eigenvalue weighted by atomic mass is 16.3. The molecule has 0 aliphatic heterocycles. The van der Waals surface area contributed by atoms with Crippen LogP contribution in [0.2, 0.25) is 0 Å². The number of hydrogen-bond donors (Lipinski definition) is 2. The Morgan fingerprint density at radius 2 is 2.21 bits per heavy atom. The molecule has 0 aliphatic rings. The molecule has 1 aromatic rings. The molecule has 0 saturated carbocycles. The van der Waals surface area contributed by atoms with Gasteiger partial charge in [0.15, 0.2) is 0 Å². The van der Waals surface area contributed by atoms with E-state index in [4.69, 9.17) is 9.68 Å². The summed E-state index contributed by atoms with van der Waals surface area (Å²) in [7, 11) is 0. The van der Waals surface area contributed by atoms with Gasteiger partial charge in [-0.05, 0) is 31.9 Å². The van der Waals surface area contributed by atoms with Gasteiger partial charge in [0.05, 0.1) is 24.9 Å². The van der Waals surface area contributed by atoms with E-state index in [1.807, 2.05) is 26.8 Å². The quantitative estimate of drug-likeness (QED) is 0.822. The molecule has 2 N–H and O–H groups in total. The van der Waals surface area contributed by atoms with Crippen molar-refractivity contribution in [2.45, 2.75) is 39.3 Å². The maximum absolute atomic E-state index is 11.8. The first-order chi connectivity index (χ1) is 8.89. The Hall–Kier alpha value is -1.80. The smallest absolute Gasteiger partial charge is 0.235 e. The van der Waals surface area contributed by atoms with Crippen LogP contribution in [0.15, 0.2) is 22.8 Å². The third kappa shape index (κ3) is 4.11. The molecule has 0 saturated heterocycles. The highest BCUT2D eigenvalue weighted by Crippen LogP contribution is 2.15. The molecular formula is C14H21N3O2. The van der Waals surface area contributed by atoms with Gasteiger partial charge in [0.25, 0.3) is 0 Å². The Morgan fingerprint density at radius 1 is 1.53 bits per heavy atom. The van der Waals surface area contributed by atoms with Crippen molar-refractivity contribution in [3.8, 4) is 6.07 Å². The molecule has 1 aromatic heterocycles. The monoisotopic (exact) mass is 263 g/mol. The summed E-state index contributed by atoms with van der Waals surface area (Å²) in [4.78, 5) is 11.8. The topological polar surface area (TPSA) is 78.1 Å². The fourth-order valence-corrected chi connectivity index (χ4v) is 1.52. The summed E-state index contributed by atoms with van der Waals surface area (Å²) in [5, 5.41) is 14.9. The summed E-state index contributed by atoms with van der Waals surface area (Å²) in [6.07, 6.45) is 1.60. The Balaban J connectivity index is 2.46. The number of rotatable bonds is 6. The minimum absolute atomic E-state index is 0.0453. The van der Waals surface area contributed by atoms with E-state index in [2.05, 4.69) is 16.7 Å². The zero-order chi connectivity index (χ0) is 14.5. The van der Waals surface area contributed by atoms with Crippen molar-refractivity contribution < 1.29 is 9.21 Å². The fraction of sp³-hybridized carbons (Fsp3) is 0.571. The van der Waals surface area contributed by atoms with Crippen LogP contribution >= 0.6 is 0 Å². The van der Waals surface area contributed by atoms with E-state index in [9.17, 15) is 4.79 Å². The zero-order valence-electron chi connectivity index (χ0n) is 11.9. The minimum Gasteiger partial charge on any atom is -0.468 e. The second-order valence-electron chi connectivity index (χ2n) is 5.14. The van der Waals surface area contributed by atoms with Crippen LogP contribution in [-0.2, 0) is 4.79 Å². The lowest BCUT2D eigenvalue weighted by Crippen LogP contribution is -2.51. The number of furan rings is 1. The van der Waals surface area contributed by atoms with E-state index in [1.54, 1.807) is 19.3 Å². The highest BCUT2D eigenvalue weighted by molar-refractivity contribution is 5.79. The zero-order valence-corrected chi connectivity index (χ0v) is 11.9. The molecule has 0 spiro atoms. The molecule has 1 amide bonds. The number of carbonyl (C=O) groups excluding carboxylic acids is 1. The second-order valence-corrected chi connectivity index (χ2v) is 5.14. The van der Waals surface area contributed by atoms with Crippen LogP contribution in [-0.4, -0.2) is 18.0 Å². The van der Waals surface area contributed by atoms with Gasteiger partial charge in [-0.1, -0.05) is 13.8 Å². The number of nitrogens with zero attached hydrogens (tertiary/aromatic N) is 1. The van der Waals surface area contributed by atoms with Gasteiger partial charge >= 0.3 is 0 Å². The van der Waals surface area contributed by atoms with Crippen LogP contribution in [0.1, 0.15) is 39.5 Å². The van der Waals surface area contributed by atoms with E-state index in [1.165, 1.54) is 0 Å². The first kappa shape index (κ1) is 15.3. The van der Waals surface area contributed by atoms with E-state index in [-0.39, 0.29) is 24.4 Å². The number of hydrogen-bond acceptors (Lipinski definition) is 4. The molecule has 0 radical (unpaired) electrons. The first-order valence-electron chi connectivity index (χ1n) is 6.38. The average molecular weight is 263 g/mol. The average Bonchev–Trinajstić information content (AvgIpc) is 2.89. The Kier molecular flexibility index (Phi) is 5.13. The summed E-state index contributed by atoms with van der Waals surface area (Å²) in [6.45, 7) is 7.60. The van der Waals surface area contributed by atoms with E-state index < -0.39 is 5.54 Å². The fourth-order valence-electron chi connectivity index (χ4n) is 1.52. The maximum atomic E-state index is 11.8. The molecule has 0 bridgehead atoms. The van der Waals surface area contributed by atoms with E-state index >= 15 is 0 Å². The Morgan fingerprint density at radius 3 is 2.68 bits per heavy atom. The van der Waals surface area contributed by atoms with Gasteiger partial charge in [-0.15, -0.1) is 0 Å². The van der Waals surface area contributed by atoms with Crippen molar-refractivity contribution in [1.82, 2.24) is 10.6 Å². The summed E-state index contributed by atoms with van der Waals surface area (Å²) in [5.74, 6) is 0.625. The molecule has 19 heavy (non-hydrogen) atoms. The molecule has 0 aliphatic carbocycles. The summed E-state index contributed by atoms with van der Waals surface area (Å²) < 4.78 is 5.24. The van der Waals surface area contributed by atoms with Crippen molar-refractivity contribution >= 4 is 5.91 Å². The van der Waals surface area contributed by atoms with Gasteiger partial charge in [-0.3, -0.25) is 10.1 Å². The van der Waals surface area contributed by atoms with Crippen molar-refractivity contribution in [3.63, 3.8) is 0 Å². The third-order valence-corrected chi connectivity index (χ3v) is 3.32. The van der Waals surface area contributed by atoms with Crippen molar-refractivity contribution in [1.29, 1.82) is 5.26 Å². The second kappa shape index (κ2) is 6.39. The van der Waals surface area contributed by atoms with Crippen molar-refractivity contribution in [2.75, 3.05) is 6.54 Å². The van der Waals surface area contributed by atoms with Gasteiger partial charge in [0.1, 0.15) is 11.3 Å². The molecule has 5 nitrogen and oxygen atoms in total. The summed E-state index contributed by atoms with van der Waals surface area (Å²) in [5.41, 5.74) is -0.841. The van der Waals surface area contributed by atoms with Crippen LogP contribution in [0.3, 0.4) is 0 Å². The largest absolute Gasteiger partial charge is 0.468 e. The number of carbonyl (C=O) groups is 1. The molecule has 0 aromatic carbocycles. The normalized spacial score (nSPS) is 15.6. The molecule has 2 atom stereocenters. The SMILES string of the molecule is CC(C)[C@@](C)(C#N)NC(=O)CN[C@H](C)c1ccco1. The summed E-state index contributed by atoms with van der Waals surface area (Å²) >= 11 is 0. The van der Waals surface area contributed by atoms with E-state index in [0.717, 1.165) is 5.76 Å². The summed E-state index contributed by atoms with van der Waals surface area (Å²) in [6, 6.07) is 5.75. The van der Waals surface area contributed by atoms with Gasteiger partial charge in [0, 0.05) is 0 Å². The molecule has 0 unspecified atom stereocenters. The predicted octanol–water partition coefficient (Wildman–Crippen LogP) is 1.98. The highest BCUT2D eigenvalue weighted by Gasteiger charge is 2.29. The molecule has 0 fully saturated rings. The van der Waals surface area contributed by atoms with Crippen LogP contribution in [0, 0.1) is 17.2 Å². The number of nitrogens with one attached hydrogen (secondary N) is 2. The molecule has 1 rings (SSSR count). The van der Waals surface area contributed by atoms with Gasteiger partial charge < -0.3 is 9.73 Å². The minimum atomic E-state index is -0.841. The van der Waals surface area contributed by atoms with Crippen molar-refractivity contribution in [3.05, 3.63) is 24.2 Å². The maximum Gasteiger partial charge on any atom is 0.235 e. The van der Waals surface area contributed by atoms with E-state index in [0.29, 0.717) is 0 Å². The molecule has 5 heteroatoms. The van der Waals surface area contributed by atoms with Gasteiger partial charge in [0.2, 0.25) is 5.91 Å². The molecular weight excluding hydrogens is 242 g/mol. The molecule has 1 heterocycles. The lowest BCUT2D eigenvalue weighted by atomic mass is 9.90. The molecule has 104 valence electrons. The predicted molar refractivity (Wildman–Crippen MR) is 72.1 cm³/mol. The van der Waals surface area contributed by atoms with Crippen molar-refractivity contribution in [2.24, 2.45) is 5.92 Å². The van der Waals surface area contributed by atoms with Crippen LogP contribution in [0.5, 0.6) is 0 Å². The Bertz CT molecular complexity index is 448. The van der Waals surface area contributed by atoms with Crippen LogP contribution < -0.4 is 10.6 Å². The van der Waals surface area contributed by atoms with Gasteiger partial charge in [-0.2, -0.15) is 5.26 Å². The third-order valence-electron chi connectivity index (χ3n) is 3.32.